The Kier molecular flexibility index (Phi) is 3.19. The summed E-state index contributed by atoms with van der Waals surface area (Å²) >= 11 is 0. The molecule has 3 heteroatoms. The smallest absolute Gasteiger partial charge is 0.126 e. The molecule has 1 aliphatic carbocycles. The number of hydrogen-bond donors (Lipinski definition) is 0. The first kappa shape index (κ1) is 10.8. The second kappa shape index (κ2) is 4.44. The SMILES string of the molecule is CC1CCN(CC2=C(F)CCC=C2F)C1. The third kappa shape index (κ3) is 2.46. The topological polar surface area (TPSA) is 3.24 Å². The fourth-order valence-electron chi connectivity index (χ4n) is 2.28. The molecule has 0 aromatic rings. The molecule has 1 unspecified atom stereocenters. The quantitative estimate of drug-likeness (QED) is 0.681. The van der Waals surface area contributed by atoms with Crippen LogP contribution in [0.15, 0.2) is 23.3 Å². The molecule has 1 nitrogen and oxygen atoms in total. The summed E-state index contributed by atoms with van der Waals surface area (Å²) in [6.07, 6.45) is 3.50. The van der Waals surface area contributed by atoms with Gasteiger partial charge in [-0.1, -0.05) is 6.92 Å². The fourth-order valence-corrected chi connectivity index (χ4v) is 2.28. The van der Waals surface area contributed by atoms with E-state index in [1.807, 2.05) is 0 Å². The van der Waals surface area contributed by atoms with Crippen molar-refractivity contribution in [1.82, 2.24) is 4.90 Å². The molecule has 2 rings (SSSR count). The van der Waals surface area contributed by atoms with Gasteiger partial charge in [-0.15, -0.1) is 0 Å². The van der Waals surface area contributed by atoms with Crippen LogP contribution >= 0.6 is 0 Å². The molecule has 15 heavy (non-hydrogen) atoms. The van der Waals surface area contributed by atoms with Gasteiger partial charge in [0.2, 0.25) is 0 Å². The van der Waals surface area contributed by atoms with Gasteiger partial charge < -0.3 is 0 Å². The molecule has 0 spiro atoms. The molecule has 1 fully saturated rings. The van der Waals surface area contributed by atoms with Crippen LogP contribution in [-0.4, -0.2) is 24.5 Å². The van der Waals surface area contributed by atoms with E-state index in [2.05, 4.69) is 11.8 Å². The Balaban J connectivity index is 2.01. The van der Waals surface area contributed by atoms with Crippen molar-refractivity contribution in [3.8, 4) is 0 Å². The van der Waals surface area contributed by atoms with Crippen LogP contribution in [0.1, 0.15) is 26.2 Å². The van der Waals surface area contributed by atoms with Gasteiger partial charge in [0.25, 0.3) is 0 Å². The number of allylic oxidation sites excluding steroid dienone is 2. The zero-order chi connectivity index (χ0) is 10.8. The summed E-state index contributed by atoms with van der Waals surface area (Å²) in [5.41, 5.74) is 0.287. The highest BCUT2D eigenvalue weighted by Crippen LogP contribution is 2.29. The van der Waals surface area contributed by atoms with E-state index >= 15 is 0 Å². The Morgan fingerprint density at radius 2 is 2.27 bits per heavy atom. The summed E-state index contributed by atoms with van der Waals surface area (Å²) in [6.45, 7) is 4.55. The summed E-state index contributed by atoms with van der Waals surface area (Å²) in [5, 5.41) is 0. The van der Waals surface area contributed by atoms with Gasteiger partial charge in [-0.05, 0) is 31.4 Å². The molecule has 0 bridgehead atoms. The van der Waals surface area contributed by atoms with Crippen molar-refractivity contribution in [2.24, 2.45) is 5.92 Å². The minimum atomic E-state index is -0.349. The van der Waals surface area contributed by atoms with Crippen molar-refractivity contribution in [2.45, 2.75) is 26.2 Å². The molecule has 0 aromatic carbocycles. The van der Waals surface area contributed by atoms with Crippen LogP contribution in [0, 0.1) is 5.92 Å². The lowest BCUT2D eigenvalue weighted by Gasteiger charge is -2.19. The van der Waals surface area contributed by atoms with Gasteiger partial charge in [-0.25, -0.2) is 8.78 Å². The molecule has 0 amide bonds. The third-order valence-electron chi connectivity index (χ3n) is 3.19. The molecule has 2 aliphatic rings. The van der Waals surface area contributed by atoms with Gasteiger partial charge in [-0.3, -0.25) is 4.90 Å². The number of hydrogen-bond acceptors (Lipinski definition) is 1. The van der Waals surface area contributed by atoms with Gasteiger partial charge in [0.05, 0.1) is 0 Å². The second-order valence-corrected chi connectivity index (χ2v) is 4.60. The number of nitrogens with zero attached hydrogens (tertiary/aromatic N) is 1. The van der Waals surface area contributed by atoms with Crippen molar-refractivity contribution < 1.29 is 8.78 Å². The number of halogens is 2. The van der Waals surface area contributed by atoms with Gasteiger partial charge in [0.1, 0.15) is 11.7 Å². The van der Waals surface area contributed by atoms with Crippen LogP contribution in [-0.2, 0) is 0 Å². The first-order valence-electron chi connectivity index (χ1n) is 5.62. The maximum absolute atomic E-state index is 13.4. The van der Waals surface area contributed by atoms with E-state index in [1.54, 1.807) is 0 Å². The molecule has 0 radical (unpaired) electrons. The molecule has 84 valence electrons. The molecule has 1 aliphatic heterocycles. The number of likely N-dealkylation sites (tertiary alicyclic amines) is 1. The number of rotatable bonds is 2. The Morgan fingerprint density at radius 3 is 2.87 bits per heavy atom. The molecule has 0 N–H and O–H groups in total. The summed E-state index contributed by atoms with van der Waals surface area (Å²) in [6, 6.07) is 0. The van der Waals surface area contributed by atoms with Gasteiger partial charge in [-0.2, -0.15) is 0 Å². The van der Waals surface area contributed by atoms with E-state index in [-0.39, 0.29) is 17.2 Å². The van der Waals surface area contributed by atoms with Crippen LogP contribution in [0.25, 0.3) is 0 Å². The van der Waals surface area contributed by atoms with Crippen LogP contribution in [0.2, 0.25) is 0 Å². The fraction of sp³-hybridized carbons (Fsp3) is 0.667. The van der Waals surface area contributed by atoms with E-state index in [9.17, 15) is 8.78 Å². The molecule has 1 heterocycles. The molecule has 1 saturated heterocycles. The van der Waals surface area contributed by atoms with Crippen molar-refractivity contribution in [3.05, 3.63) is 23.3 Å². The first-order chi connectivity index (χ1) is 7.16. The summed E-state index contributed by atoms with van der Waals surface area (Å²) in [7, 11) is 0. The van der Waals surface area contributed by atoms with Gasteiger partial charge in [0.15, 0.2) is 0 Å². The normalized spacial score (nSPS) is 28.5. The molecule has 0 saturated carbocycles. The predicted molar refractivity (Wildman–Crippen MR) is 56.8 cm³/mol. The van der Waals surface area contributed by atoms with Crippen LogP contribution in [0.3, 0.4) is 0 Å². The maximum Gasteiger partial charge on any atom is 0.126 e. The largest absolute Gasteiger partial charge is 0.299 e. The van der Waals surface area contributed by atoms with E-state index in [1.165, 1.54) is 6.08 Å². The highest BCUT2D eigenvalue weighted by molar-refractivity contribution is 5.32. The summed E-state index contributed by atoms with van der Waals surface area (Å²) in [4.78, 5) is 2.14. The molecule has 1 atom stereocenters. The highest BCUT2D eigenvalue weighted by atomic mass is 19.1. The van der Waals surface area contributed by atoms with E-state index in [4.69, 9.17) is 0 Å². The van der Waals surface area contributed by atoms with Crippen LogP contribution in [0.5, 0.6) is 0 Å². The third-order valence-corrected chi connectivity index (χ3v) is 3.19. The summed E-state index contributed by atoms with van der Waals surface area (Å²) < 4.78 is 26.8. The van der Waals surface area contributed by atoms with Gasteiger partial charge in [0, 0.05) is 25.1 Å². The Bertz CT molecular complexity index is 307. The average Bonchev–Trinajstić information content (AvgIpc) is 2.58. The lowest BCUT2D eigenvalue weighted by molar-refractivity contribution is 0.345. The van der Waals surface area contributed by atoms with Crippen molar-refractivity contribution in [1.29, 1.82) is 0 Å². The zero-order valence-electron chi connectivity index (χ0n) is 9.10. The Labute approximate surface area is 89.5 Å². The van der Waals surface area contributed by atoms with E-state index in [0.29, 0.717) is 25.3 Å². The Hall–Kier alpha value is -0.700. The van der Waals surface area contributed by atoms with E-state index in [0.717, 1.165) is 19.5 Å². The summed E-state index contributed by atoms with van der Waals surface area (Å²) in [5.74, 6) is 0.0529. The monoisotopic (exact) mass is 213 g/mol. The predicted octanol–water partition coefficient (Wildman–Crippen LogP) is 3.20. The minimum Gasteiger partial charge on any atom is -0.299 e. The van der Waals surface area contributed by atoms with Crippen molar-refractivity contribution in [3.63, 3.8) is 0 Å². The van der Waals surface area contributed by atoms with Gasteiger partial charge >= 0.3 is 0 Å². The zero-order valence-corrected chi connectivity index (χ0v) is 9.10. The lowest BCUT2D eigenvalue weighted by Crippen LogP contribution is -2.24. The highest BCUT2D eigenvalue weighted by Gasteiger charge is 2.23. The molecular weight excluding hydrogens is 196 g/mol. The van der Waals surface area contributed by atoms with Crippen LogP contribution < -0.4 is 0 Å². The molecule has 0 aromatic heterocycles. The average molecular weight is 213 g/mol. The second-order valence-electron chi connectivity index (χ2n) is 4.60. The minimum absolute atomic E-state index is 0.255. The Morgan fingerprint density at radius 1 is 1.47 bits per heavy atom. The van der Waals surface area contributed by atoms with E-state index < -0.39 is 0 Å². The first-order valence-corrected chi connectivity index (χ1v) is 5.62. The molecular formula is C12H17F2N. The lowest BCUT2D eigenvalue weighted by atomic mass is 10.0. The van der Waals surface area contributed by atoms with Crippen molar-refractivity contribution >= 4 is 0 Å². The van der Waals surface area contributed by atoms with Crippen LogP contribution in [0.4, 0.5) is 8.78 Å². The maximum atomic E-state index is 13.4. The standard InChI is InChI=1S/C12H17F2N/c1-9-5-6-15(7-9)8-10-11(13)3-2-4-12(10)14/h3,9H,2,4-8H2,1H3. The van der Waals surface area contributed by atoms with Crippen molar-refractivity contribution in [2.75, 3.05) is 19.6 Å².